The fourth-order valence-corrected chi connectivity index (χ4v) is 3.37. The Labute approximate surface area is 120 Å². The maximum Gasteiger partial charge on any atom is 0.182 e. The Kier molecular flexibility index (Phi) is 5.26. The molecule has 2 heterocycles. The van der Waals surface area contributed by atoms with Gasteiger partial charge < -0.3 is 14.8 Å². The highest BCUT2D eigenvalue weighted by Crippen LogP contribution is 2.33. The summed E-state index contributed by atoms with van der Waals surface area (Å²) in [5.74, 6) is 0. The largest absolute Gasteiger partial charge is 0.384 e. The van der Waals surface area contributed by atoms with Gasteiger partial charge in [0.15, 0.2) is 5.13 Å². The summed E-state index contributed by atoms with van der Waals surface area (Å²) in [6.45, 7) is 1.18. The van der Waals surface area contributed by atoms with E-state index in [2.05, 4.69) is 15.3 Å². The van der Waals surface area contributed by atoms with Crippen LogP contribution in [-0.4, -0.2) is 37.8 Å². The molecule has 104 valence electrons. The van der Waals surface area contributed by atoms with Crippen molar-refractivity contribution >= 4 is 27.8 Å². The van der Waals surface area contributed by atoms with E-state index in [0.717, 1.165) is 32.8 Å². The number of thiazole rings is 2. The van der Waals surface area contributed by atoms with Gasteiger partial charge in [0.2, 0.25) is 0 Å². The van der Waals surface area contributed by atoms with E-state index in [1.165, 1.54) is 0 Å². The second kappa shape index (κ2) is 6.95. The van der Waals surface area contributed by atoms with E-state index >= 15 is 0 Å². The minimum Gasteiger partial charge on any atom is -0.384 e. The summed E-state index contributed by atoms with van der Waals surface area (Å²) >= 11 is 3.25. The van der Waals surface area contributed by atoms with Gasteiger partial charge in [-0.25, -0.2) is 9.97 Å². The smallest absolute Gasteiger partial charge is 0.182 e. The first kappa shape index (κ1) is 14.4. The average Bonchev–Trinajstić information content (AvgIpc) is 3.03. The third-order valence-corrected chi connectivity index (χ3v) is 4.53. The molecule has 7 heteroatoms. The van der Waals surface area contributed by atoms with E-state index in [1.54, 1.807) is 36.9 Å². The van der Waals surface area contributed by atoms with Gasteiger partial charge in [-0.15, -0.1) is 22.7 Å². The summed E-state index contributed by atoms with van der Waals surface area (Å²) in [5, 5.41) is 7.06. The van der Waals surface area contributed by atoms with E-state index < -0.39 is 0 Å². The molecule has 0 fully saturated rings. The van der Waals surface area contributed by atoms with Gasteiger partial charge in [0, 0.05) is 33.1 Å². The molecule has 2 aromatic heterocycles. The topological polar surface area (TPSA) is 56.3 Å². The van der Waals surface area contributed by atoms with Gasteiger partial charge in [-0.3, -0.25) is 0 Å². The molecule has 0 amide bonds. The number of methoxy groups -OCH3 is 2. The quantitative estimate of drug-likeness (QED) is 0.852. The molecule has 1 N–H and O–H groups in total. The molecule has 0 aromatic carbocycles. The zero-order chi connectivity index (χ0) is 13.7. The van der Waals surface area contributed by atoms with Crippen molar-refractivity contribution < 1.29 is 9.47 Å². The van der Waals surface area contributed by atoms with Crippen molar-refractivity contribution in [2.24, 2.45) is 0 Å². The summed E-state index contributed by atoms with van der Waals surface area (Å²) in [6.07, 6.45) is 0.820. The van der Waals surface area contributed by atoms with E-state index in [9.17, 15) is 0 Å². The van der Waals surface area contributed by atoms with Crippen molar-refractivity contribution in [3.63, 3.8) is 0 Å². The van der Waals surface area contributed by atoms with Crippen LogP contribution in [0, 0.1) is 0 Å². The maximum atomic E-state index is 5.21. The van der Waals surface area contributed by atoms with Crippen molar-refractivity contribution in [2.45, 2.75) is 13.0 Å². The van der Waals surface area contributed by atoms with Crippen LogP contribution in [0.2, 0.25) is 0 Å². The number of hydrogen-bond acceptors (Lipinski definition) is 7. The SMILES string of the molecule is CNc1nc(-c2sc(CCOC)nc2COC)cs1. The molecule has 5 nitrogen and oxygen atoms in total. The summed E-state index contributed by atoms with van der Waals surface area (Å²) < 4.78 is 10.3. The van der Waals surface area contributed by atoms with Gasteiger partial charge >= 0.3 is 0 Å². The Morgan fingerprint density at radius 3 is 2.74 bits per heavy atom. The fourth-order valence-electron chi connectivity index (χ4n) is 1.62. The van der Waals surface area contributed by atoms with Crippen molar-refractivity contribution in [1.29, 1.82) is 0 Å². The maximum absolute atomic E-state index is 5.21. The van der Waals surface area contributed by atoms with Crippen LogP contribution in [0.4, 0.5) is 5.13 Å². The lowest BCUT2D eigenvalue weighted by Crippen LogP contribution is -1.95. The summed E-state index contributed by atoms with van der Waals surface area (Å²) in [5.41, 5.74) is 1.91. The number of ether oxygens (including phenoxy) is 2. The first-order valence-electron chi connectivity index (χ1n) is 5.88. The third kappa shape index (κ3) is 3.50. The van der Waals surface area contributed by atoms with Crippen molar-refractivity contribution in [2.75, 3.05) is 33.2 Å². The molecule has 0 spiro atoms. The number of nitrogens with zero attached hydrogens (tertiary/aromatic N) is 2. The monoisotopic (exact) mass is 299 g/mol. The number of anilines is 1. The molecule has 19 heavy (non-hydrogen) atoms. The number of rotatable bonds is 7. The predicted octanol–water partition coefficient (Wildman–Crippen LogP) is 2.64. The Hall–Kier alpha value is -1.02. The standard InChI is InChI=1S/C12H17N3O2S2/c1-13-12-15-9(7-18-12)11-8(6-17-3)14-10(19-11)4-5-16-2/h7H,4-6H2,1-3H3,(H,13,15). The summed E-state index contributed by atoms with van der Waals surface area (Å²) in [4.78, 5) is 10.2. The molecule has 0 atom stereocenters. The molecular weight excluding hydrogens is 282 g/mol. The fraction of sp³-hybridized carbons (Fsp3) is 0.500. The molecule has 0 saturated carbocycles. The highest BCUT2D eigenvalue weighted by Gasteiger charge is 2.15. The van der Waals surface area contributed by atoms with Gasteiger partial charge in [-0.2, -0.15) is 0 Å². The summed E-state index contributed by atoms with van der Waals surface area (Å²) in [6, 6.07) is 0. The highest BCUT2D eigenvalue weighted by atomic mass is 32.1. The lowest BCUT2D eigenvalue weighted by molar-refractivity contribution is 0.181. The Balaban J connectivity index is 2.28. The third-order valence-electron chi connectivity index (χ3n) is 2.49. The molecule has 2 rings (SSSR count). The van der Waals surface area contributed by atoms with E-state index in [-0.39, 0.29) is 0 Å². The normalized spacial score (nSPS) is 10.9. The summed E-state index contributed by atoms with van der Waals surface area (Å²) in [7, 11) is 5.25. The number of aromatic nitrogens is 2. The van der Waals surface area contributed by atoms with Gasteiger partial charge in [-0.05, 0) is 0 Å². The number of hydrogen-bond donors (Lipinski definition) is 1. The Bertz CT molecular complexity index is 525. The zero-order valence-corrected chi connectivity index (χ0v) is 12.9. The minimum atomic E-state index is 0.505. The molecule has 0 aliphatic carbocycles. The first-order valence-corrected chi connectivity index (χ1v) is 7.58. The van der Waals surface area contributed by atoms with Gasteiger partial charge in [-0.1, -0.05) is 0 Å². The first-order chi connectivity index (χ1) is 9.28. The van der Waals surface area contributed by atoms with Crippen LogP contribution in [0.1, 0.15) is 10.7 Å². The van der Waals surface area contributed by atoms with Crippen molar-refractivity contribution in [3.8, 4) is 10.6 Å². The van der Waals surface area contributed by atoms with Crippen molar-refractivity contribution in [3.05, 3.63) is 16.1 Å². The second-order valence-electron chi connectivity index (χ2n) is 3.85. The number of nitrogens with one attached hydrogen (secondary N) is 1. The van der Waals surface area contributed by atoms with Crippen LogP contribution in [0.15, 0.2) is 5.38 Å². The van der Waals surface area contributed by atoms with E-state index in [0.29, 0.717) is 13.2 Å². The predicted molar refractivity (Wildman–Crippen MR) is 79.1 cm³/mol. The van der Waals surface area contributed by atoms with Crippen LogP contribution in [-0.2, 0) is 22.5 Å². The van der Waals surface area contributed by atoms with E-state index in [1.807, 2.05) is 12.4 Å². The van der Waals surface area contributed by atoms with Crippen LogP contribution in [0.5, 0.6) is 0 Å². The van der Waals surface area contributed by atoms with Gasteiger partial charge in [0.1, 0.15) is 0 Å². The lowest BCUT2D eigenvalue weighted by atomic mass is 10.3. The lowest BCUT2D eigenvalue weighted by Gasteiger charge is -1.97. The molecule has 0 saturated heterocycles. The Morgan fingerprint density at radius 2 is 2.11 bits per heavy atom. The molecular formula is C12H17N3O2S2. The van der Waals surface area contributed by atoms with Gasteiger partial charge in [0.25, 0.3) is 0 Å². The molecule has 0 radical (unpaired) electrons. The molecule has 0 unspecified atom stereocenters. The van der Waals surface area contributed by atoms with Crippen LogP contribution >= 0.6 is 22.7 Å². The molecule has 2 aromatic rings. The van der Waals surface area contributed by atoms with Crippen molar-refractivity contribution in [1.82, 2.24) is 9.97 Å². The minimum absolute atomic E-state index is 0.505. The second-order valence-corrected chi connectivity index (χ2v) is 5.79. The average molecular weight is 299 g/mol. The van der Waals surface area contributed by atoms with E-state index in [4.69, 9.17) is 9.47 Å². The van der Waals surface area contributed by atoms with Crippen LogP contribution in [0.3, 0.4) is 0 Å². The Morgan fingerprint density at radius 1 is 1.26 bits per heavy atom. The van der Waals surface area contributed by atoms with Crippen LogP contribution < -0.4 is 5.32 Å². The molecule has 0 bridgehead atoms. The molecule has 0 aliphatic heterocycles. The highest BCUT2D eigenvalue weighted by molar-refractivity contribution is 7.16. The van der Waals surface area contributed by atoms with Gasteiger partial charge in [0.05, 0.1) is 34.5 Å². The molecule has 0 aliphatic rings. The zero-order valence-electron chi connectivity index (χ0n) is 11.2. The van der Waals surface area contributed by atoms with Crippen LogP contribution in [0.25, 0.3) is 10.6 Å².